The van der Waals surface area contributed by atoms with E-state index in [1.54, 1.807) is 12.1 Å². The summed E-state index contributed by atoms with van der Waals surface area (Å²) in [4.78, 5) is 25.4. The maximum absolute atomic E-state index is 12.2. The maximum atomic E-state index is 12.2. The molecule has 5 nitrogen and oxygen atoms in total. The van der Waals surface area contributed by atoms with Gasteiger partial charge in [0.15, 0.2) is 0 Å². The van der Waals surface area contributed by atoms with Crippen LogP contribution in [0, 0.1) is 6.92 Å². The lowest BCUT2D eigenvalue weighted by Crippen LogP contribution is -2.42. The first kappa shape index (κ1) is 15.1. The third-order valence-electron chi connectivity index (χ3n) is 2.88. The van der Waals surface area contributed by atoms with Crippen LogP contribution in [0.15, 0.2) is 41.8 Å². The molecular weight excluding hydrogens is 288 g/mol. The molecule has 1 aromatic heterocycles. The van der Waals surface area contributed by atoms with Crippen LogP contribution in [0.25, 0.3) is 0 Å². The SMILES string of the molecule is Cc1ccc(N(CC(=O)O)C(=O)NCc2cccs2)cc1. The van der Waals surface area contributed by atoms with E-state index in [0.29, 0.717) is 12.2 Å². The van der Waals surface area contributed by atoms with Crippen molar-refractivity contribution in [3.63, 3.8) is 0 Å². The molecule has 0 unspecified atom stereocenters. The van der Waals surface area contributed by atoms with Crippen LogP contribution in [-0.4, -0.2) is 23.7 Å². The molecule has 0 atom stereocenters. The number of nitrogens with one attached hydrogen (secondary N) is 1. The van der Waals surface area contributed by atoms with E-state index in [1.807, 2.05) is 36.6 Å². The third kappa shape index (κ3) is 4.32. The van der Waals surface area contributed by atoms with Gasteiger partial charge in [-0.3, -0.25) is 9.69 Å². The van der Waals surface area contributed by atoms with Crippen LogP contribution in [0.2, 0.25) is 0 Å². The van der Waals surface area contributed by atoms with E-state index in [1.165, 1.54) is 16.2 Å². The lowest BCUT2D eigenvalue weighted by molar-refractivity contribution is -0.135. The fourth-order valence-electron chi connectivity index (χ4n) is 1.81. The van der Waals surface area contributed by atoms with E-state index < -0.39 is 12.0 Å². The number of aryl methyl sites for hydroxylation is 1. The summed E-state index contributed by atoms with van der Waals surface area (Å²) in [6.07, 6.45) is 0. The Bertz CT molecular complexity index is 608. The van der Waals surface area contributed by atoms with Crippen molar-refractivity contribution in [2.24, 2.45) is 0 Å². The first-order valence-corrected chi connectivity index (χ1v) is 7.30. The number of rotatable bonds is 5. The molecular formula is C15H16N2O3S. The van der Waals surface area contributed by atoms with Crippen molar-refractivity contribution in [3.05, 3.63) is 52.2 Å². The number of anilines is 1. The van der Waals surface area contributed by atoms with Gasteiger partial charge in [-0.1, -0.05) is 23.8 Å². The Balaban J connectivity index is 2.09. The number of hydrogen-bond acceptors (Lipinski definition) is 3. The summed E-state index contributed by atoms with van der Waals surface area (Å²) in [5, 5.41) is 13.6. The molecule has 0 spiro atoms. The normalized spacial score (nSPS) is 10.1. The molecule has 1 aromatic carbocycles. The second-order valence-electron chi connectivity index (χ2n) is 4.55. The van der Waals surface area contributed by atoms with Gasteiger partial charge in [0.1, 0.15) is 6.54 Å². The Kier molecular flexibility index (Phi) is 4.94. The number of carboxylic acids is 1. The Morgan fingerprint density at radius 2 is 1.95 bits per heavy atom. The molecule has 2 amide bonds. The summed E-state index contributed by atoms with van der Waals surface area (Å²) >= 11 is 1.54. The number of carbonyl (C=O) groups is 2. The fourth-order valence-corrected chi connectivity index (χ4v) is 2.46. The van der Waals surface area contributed by atoms with Crippen molar-refractivity contribution in [3.8, 4) is 0 Å². The molecule has 0 aliphatic carbocycles. The van der Waals surface area contributed by atoms with E-state index in [0.717, 1.165) is 10.4 Å². The van der Waals surface area contributed by atoms with Gasteiger partial charge in [-0.05, 0) is 30.5 Å². The molecule has 0 aliphatic heterocycles. The molecule has 0 bridgehead atoms. The van der Waals surface area contributed by atoms with Gasteiger partial charge in [-0.15, -0.1) is 11.3 Å². The van der Waals surface area contributed by atoms with Gasteiger partial charge in [0.2, 0.25) is 0 Å². The van der Waals surface area contributed by atoms with Crippen LogP contribution >= 0.6 is 11.3 Å². The van der Waals surface area contributed by atoms with E-state index >= 15 is 0 Å². The van der Waals surface area contributed by atoms with Crippen molar-refractivity contribution < 1.29 is 14.7 Å². The summed E-state index contributed by atoms with van der Waals surface area (Å²) in [6, 6.07) is 10.6. The first-order chi connectivity index (χ1) is 10.1. The predicted molar refractivity (Wildman–Crippen MR) is 82.7 cm³/mol. The number of hydrogen-bond donors (Lipinski definition) is 2. The van der Waals surface area contributed by atoms with E-state index in [4.69, 9.17) is 5.11 Å². The van der Waals surface area contributed by atoms with Crippen LogP contribution in [0.1, 0.15) is 10.4 Å². The zero-order valence-corrected chi connectivity index (χ0v) is 12.4. The smallest absolute Gasteiger partial charge is 0.323 e. The predicted octanol–water partition coefficient (Wildman–Crippen LogP) is 2.86. The van der Waals surface area contributed by atoms with Crippen molar-refractivity contribution in [1.29, 1.82) is 0 Å². The summed E-state index contributed by atoms with van der Waals surface area (Å²) in [7, 11) is 0. The van der Waals surface area contributed by atoms with Gasteiger partial charge in [-0.25, -0.2) is 4.79 Å². The highest BCUT2D eigenvalue weighted by Gasteiger charge is 2.18. The molecule has 6 heteroatoms. The molecule has 2 N–H and O–H groups in total. The van der Waals surface area contributed by atoms with Crippen LogP contribution < -0.4 is 10.2 Å². The maximum Gasteiger partial charge on any atom is 0.323 e. The molecule has 110 valence electrons. The molecule has 0 saturated heterocycles. The Labute approximate surface area is 126 Å². The van der Waals surface area contributed by atoms with Crippen LogP contribution in [0.4, 0.5) is 10.5 Å². The van der Waals surface area contributed by atoms with Gasteiger partial charge in [0, 0.05) is 10.6 Å². The monoisotopic (exact) mass is 304 g/mol. The number of urea groups is 1. The summed E-state index contributed by atoms with van der Waals surface area (Å²) in [5.41, 5.74) is 1.61. The standard InChI is InChI=1S/C15H16N2O3S/c1-11-4-6-12(7-5-11)17(10-14(18)19)15(20)16-9-13-3-2-8-21-13/h2-8H,9-10H2,1H3,(H,16,20)(H,18,19). The quantitative estimate of drug-likeness (QED) is 0.892. The van der Waals surface area contributed by atoms with Crippen molar-refractivity contribution in [2.75, 3.05) is 11.4 Å². The van der Waals surface area contributed by atoms with E-state index in [9.17, 15) is 9.59 Å². The molecule has 2 aromatic rings. The minimum atomic E-state index is -1.05. The molecule has 0 fully saturated rings. The molecule has 0 saturated carbocycles. The van der Waals surface area contributed by atoms with Gasteiger partial charge >= 0.3 is 12.0 Å². The zero-order valence-electron chi connectivity index (χ0n) is 11.6. The lowest BCUT2D eigenvalue weighted by Gasteiger charge is -2.21. The van der Waals surface area contributed by atoms with Crippen LogP contribution in [0.5, 0.6) is 0 Å². The summed E-state index contributed by atoms with van der Waals surface area (Å²) in [6.45, 7) is 1.94. The second-order valence-corrected chi connectivity index (χ2v) is 5.59. The Hall–Kier alpha value is -2.34. The number of nitrogens with zero attached hydrogens (tertiary/aromatic N) is 1. The summed E-state index contributed by atoms with van der Waals surface area (Å²) in [5.74, 6) is -1.05. The van der Waals surface area contributed by atoms with Crippen molar-refractivity contribution >= 4 is 29.0 Å². The van der Waals surface area contributed by atoms with E-state index in [-0.39, 0.29) is 6.54 Å². The van der Waals surface area contributed by atoms with E-state index in [2.05, 4.69) is 5.32 Å². The average Bonchev–Trinajstić information content (AvgIpc) is 2.96. The van der Waals surface area contributed by atoms with Crippen LogP contribution in [0.3, 0.4) is 0 Å². The summed E-state index contributed by atoms with van der Waals surface area (Å²) < 4.78 is 0. The fraction of sp³-hybridized carbons (Fsp3) is 0.200. The lowest BCUT2D eigenvalue weighted by atomic mass is 10.2. The molecule has 21 heavy (non-hydrogen) atoms. The van der Waals surface area contributed by atoms with Crippen molar-refractivity contribution in [1.82, 2.24) is 5.32 Å². The van der Waals surface area contributed by atoms with Crippen LogP contribution in [-0.2, 0) is 11.3 Å². The number of thiophene rings is 1. The highest BCUT2D eigenvalue weighted by atomic mass is 32.1. The number of carboxylic acid groups (broad SMARTS) is 1. The number of amides is 2. The number of aliphatic carboxylic acids is 1. The molecule has 2 rings (SSSR count). The zero-order chi connectivity index (χ0) is 15.2. The average molecular weight is 304 g/mol. The third-order valence-corrected chi connectivity index (χ3v) is 3.75. The topological polar surface area (TPSA) is 69.6 Å². The molecule has 0 radical (unpaired) electrons. The highest BCUT2D eigenvalue weighted by Crippen LogP contribution is 2.15. The minimum Gasteiger partial charge on any atom is -0.480 e. The van der Waals surface area contributed by atoms with Gasteiger partial charge in [-0.2, -0.15) is 0 Å². The second kappa shape index (κ2) is 6.90. The highest BCUT2D eigenvalue weighted by molar-refractivity contribution is 7.09. The van der Waals surface area contributed by atoms with Crippen molar-refractivity contribution in [2.45, 2.75) is 13.5 Å². The Morgan fingerprint density at radius 3 is 2.52 bits per heavy atom. The molecule has 1 heterocycles. The Morgan fingerprint density at radius 1 is 1.24 bits per heavy atom. The first-order valence-electron chi connectivity index (χ1n) is 6.42. The number of carbonyl (C=O) groups excluding carboxylic acids is 1. The van der Waals surface area contributed by atoms with Gasteiger partial charge in [0.05, 0.1) is 6.54 Å². The number of benzene rings is 1. The largest absolute Gasteiger partial charge is 0.480 e. The minimum absolute atomic E-state index is 0.376. The van der Waals surface area contributed by atoms with Gasteiger partial charge in [0.25, 0.3) is 0 Å². The molecule has 0 aliphatic rings. The van der Waals surface area contributed by atoms with Gasteiger partial charge < -0.3 is 10.4 Å².